The highest BCUT2D eigenvalue weighted by Crippen LogP contribution is 2.28. The van der Waals surface area contributed by atoms with Crippen molar-refractivity contribution in [2.45, 2.75) is 44.6 Å². The monoisotopic (exact) mass is 332 g/mol. The summed E-state index contributed by atoms with van der Waals surface area (Å²) in [5.41, 5.74) is 5.47. The molecule has 0 radical (unpaired) electrons. The third-order valence-electron chi connectivity index (χ3n) is 4.90. The SMILES string of the molecule is c1nc(Nc2ccc3c(c2)CCCC3)c2nc(NC3CC3)ncc2n1. The van der Waals surface area contributed by atoms with E-state index in [1.165, 1.54) is 43.2 Å². The van der Waals surface area contributed by atoms with Crippen LogP contribution < -0.4 is 10.6 Å². The van der Waals surface area contributed by atoms with E-state index in [1.807, 2.05) is 0 Å². The van der Waals surface area contributed by atoms with E-state index < -0.39 is 0 Å². The van der Waals surface area contributed by atoms with Gasteiger partial charge in [-0.05, 0) is 61.8 Å². The minimum absolute atomic E-state index is 0.513. The van der Waals surface area contributed by atoms with E-state index >= 15 is 0 Å². The topological polar surface area (TPSA) is 75.6 Å². The average Bonchev–Trinajstić information content (AvgIpc) is 3.46. The molecule has 0 unspecified atom stereocenters. The summed E-state index contributed by atoms with van der Waals surface area (Å²) in [6.07, 6.45) is 10.6. The maximum atomic E-state index is 4.63. The Morgan fingerprint density at radius 3 is 2.72 bits per heavy atom. The lowest BCUT2D eigenvalue weighted by Crippen LogP contribution is -2.07. The Balaban J connectivity index is 1.49. The smallest absolute Gasteiger partial charge is 0.223 e. The maximum Gasteiger partial charge on any atom is 0.223 e. The van der Waals surface area contributed by atoms with Crippen LogP contribution in [0.1, 0.15) is 36.8 Å². The van der Waals surface area contributed by atoms with Crippen LogP contribution in [0.15, 0.2) is 30.7 Å². The van der Waals surface area contributed by atoms with Gasteiger partial charge in [0.1, 0.15) is 17.4 Å². The van der Waals surface area contributed by atoms with Gasteiger partial charge < -0.3 is 10.6 Å². The van der Waals surface area contributed by atoms with Crippen LogP contribution in [0.2, 0.25) is 0 Å². The number of fused-ring (bicyclic) bond motifs is 2. The van der Waals surface area contributed by atoms with E-state index in [0.717, 1.165) is 29.0 Å². The number of nitrogens with one attached hydrogen (secondary N) is 2. The molecule has 0 atom stereocenters. The van der Waals surface area contributed by atoms with Gasteiger partial charge in [0.05, 0.1) is 6.20 Å². The zero-order valence-corrected chi connectivity index (χ0v) is 14.0. The minimum atomic E-state index is 0.513. The highest BCUT2D eigenvalue weighted by atomic mass is 15.1. The molecule has 2 aromatic heterocycles. The number of rotatable bonds is 4. The number of aromatic nitrogens is 4. The van der Waals surface area contributed by atoms with Crippen molar-refractivity contribution in [3.8, 4) is 0 Å². The van der Waals surface area contributed by atoms with Gasteiger partial charge in [-0.2, -0.15) is 0 Å². The van der Waals surface area contributed by atoms with Crippen molar-refractivity contribution >= 4 is 28.5 Å². The van der Waals surface area contributed by atoms with E-state index in [1.54, 1.807) is 12.5 Å². The molecule has 0 spiro atoms. The fourth-order valence-corrected chi connectivity index (χ4v) is 3.37. The van der Waals surface area contributed by atoms with Crippen LogP contribution in [-0.2, 0) is 12.8 Å². The summed E-state index contributed by atoms with van der Waals surface area (Å²) < 4.78 is 0. The van der Waals surface area contributed by atoms with Gasteiger partial charge in [0, 0.05) is 11.7 Å². The molecule has 0 amide bonds. The summed E-state index contributed by atoms with van der Waals surface area (Å²) in [5, 5.41) is 6.76. The quantitative estimate of drug-likeness (QED) is 0.760. The van der Waals surface area contributed by atoms with Crippen molar-refractivity contribution in [1.82, 2.24) is 19.9 Å². The van der Waals surface area contributed by atoms with Gasteiger partial charge in [0.2, 0.25) is 5.95 Å². The van der Waals surface area contributed by atoms with Gasteiger partial charge in [-0.1, -0.05) is 6.07 Å². The Labute approximate surface area is 146 Å². The number of hydrogen-bond donors (Lipinski definition) is 2. The number of aryl methyl sites for hydroxylation is 2. The molecule has 2 heterocycles. The zero-order chi connectivity index (χ0) is 16.6. The predicted octanol–water partition coefficient (Wildman–Crippen LogP) is 3.62. The second-order valence-corrected chi connectivity index (χ2v) is 6.88. The molecular formula is C19H20N6. The molecule has 2 aliphatic rings. The van der Waals surface area contributed by atoms with E-state index in [4.69, 9.17) is 0 Å². The molecular weight excluding hydrogens is 312 g/mol. The third kappa shape index (κ3) is 2.99. The molecule has 2 aliphatic carbocycles. The number of hydrogen-bond acceptors (Lipinski definition) is 6. The number of benzene rings is 1. The van der Waals surface area contributed by atoms with E-state index in [2.05, 4.69) is 48.8 Å². The molecule has 0 bridgehead atoms. The normalized spacial score (nSPS) is 16.5. The molecule has 1 fully saturated rings. The average molecular weight is 332 g/mol. The summed E-state index contributed by atoms with van der Waals surface area (Å²) in [7, 11) is 0. The van der Waals surface area contributed by atoms with Gasteiger partial charge in [-0.3, -0.25) is 0 Å². The summed E-state index contributed by atoms with van der Waals surface area (Å²) >= 11 is 0. The Hall–Kier alpha value is -2.76. The number of anilines is 3. The second kappa shape index (κ2) is 5.95. The molecule has 126 valence electrons. The first-order valence-electron chi connectivity index (χ1n) is 8.98. The van der Waals surface area contributed by atoms with Crippen LogP contribution in [0.5, 0.6) is 0 Å². The molecule has 2 N–H and O–H groups in total. The Kier molecular flexibility index (Phi) is 3.47. The second-order valence-electron chi connectivity index (χ2n) is 6.88. The van der Waals surface area contributed by atoms with Crippen molar-refractivity contribution in [2.24, 2.45) is 0 Å². The van der Waals surface area contributed by atoms with E-state index in [-0.39, 0.29) is 0 Å². The zero-order valence-electron chi connectivity index (χ0n) is 14.0. The molecule has 6 nitrogen and oxygen atoms in total. The van der Waals surface area contributed by atoms with Crippen molar-refractivity contribution in [3.63, 3.8) is 0 Å². The largest absolute Gasteiger partial charge is 0.351 e. The highest BCUT2D eigenvalue weighted by Gasteiger charge is 2.22. The van der Waals surface area contributed by atoms with Crippen molar-refractivity contribution in [2.75, 3.05) is 10.6 Å². The lowest BCUT2D eigenvalue weighted by Gasteiger charge is -2.17. The lowest BCUT2D eigenvalue weighted by atomic mass is 9.91. The van der Waals surface area contributed by atoms with Crippen LogP contribution in [0.25, 0.3) is 11.0 Å². The van der Waals surface area contributed by atoms with Crippen molar-refractivity contribution < 1.29 is 0 Å². The van der Waals surface area contributed by atoms with Gasteiger partial charge in [-0.15, -0.1) is 0 Å². The Morgan fingerprint density at radius 2 is 1.84 bits per heavy atom. The molecule has 1 saturated carbocycles. The molecule has 1 aromatic carbocycles. The first-order chi connectivity index (χ1) is 12.3. The first kappa shape index (κ1) is 14.6. The molecule has 0 aliphatic heterocycles. The third-order valence-corrected chi connectivity index (χ3v) is 4.90. The minimum Gasteiger partial charge on any atom is -0.351 e. The fourth-order valence-electron chi connectivity index (χ4n) is 3.37. The fraction of sp³-hybridized carbons (Fsp3) is 0.368. The van der Waals surface area contributed by atoms with Gasteiger partial charge in [0.25, 0.3) is 0 Å². The lowest BCUT2D eigenvalue weighted by molar-refractivity contribution is 0.686. The summed E-state index contributed by atoms with van der Waals surface area (Å²) in [4.78, 5) is 17.7. The molecule has 5 rings (SSSR count). The maximum absolute atomic E-state index is 4.63. The summed E-state index contributed by atoms with van der Waals surface area (Å²) in [6.45, 7) is 0. The van der Waals surface area contributed by atoms with Gasteiger partial charge in [-0.25, -0.2) is 19.9 Å². The molecule has 6 heteroatoms. The number of nitrogens with zero attached hydrogens (tertiary/aromatic N) is 4. The summed E-state index contributed by atoms with van der Waals surface area (Å²) in [6, 6.07) is 7.12. The standard InChI is InChI=1S/C19H20N6/c1-2-4-13-9-15(6-5-12(13)3-1)23-18-17-16(21-11-22-18)10-20-19(25-17)24-14-7-8-14/h5-6,9-11,14H,1-4,7-8H2,(H,20,24,25)(H,21,22,23). The van der Waals surface area contributed by atoms with Crippen LogP contribution in [0.4, 0.5) is 17.5 Å². The van der Waals surface area contributed by atoms with Crippen LogP contribution >= 0.6 is 0 Å². The first-order valence-corrected chi connectivity index (χ1v) is 8.98. The van der Waals surface area contributed by atoms with Gasteiger partial charge in [0.15, 0.2) is 5.82 Å². The Bertz CT molecular complexity index is 934. The Morgan fingerprint density at radius 1 is 0.960 bits per heavy atom. The van der Waals surface area contributed by atoms with Crippen LogP contribution in [-0.4, -0.2) is 26.0 Å². The molecule has 0 saturated heterocycles. The molecule has 3 aromatic rings. The van der Waals surface area contributed by atoms with E-state index in [9.17, 15) is 0 Å². The van der Waals surface area contributed by atoms with Crippen LogP contribution in [0.3, 0.4) is 0 Å². The van der Waals surface area contributed by atoms with Crippen molar-refractivity contribution in [1.29, 1.82) is 0 Å². The summed E-state index contributed by atoms with van der Waals surface area (Å²) in [5.74, 6) is 1.38. The van der Waals surface area contributed by atoms with Crippen LogP contribution in [0, 0.1) is 0 Å². The van der Waals surface area contributed by atoms with E-state index in [0.29, 0.717) is 12.0 Å². The van der Waals surface area contributed by atoms with Gasteiger partial charge >= 0.3 is 0 Å². The highest BCUT2D eigenvalue weighted by molar-refractivity contribution is 5.87. The molecule has 25 heavy (non-hydrogen) atoms. The van der Waals surface area contributed by atoms with Crippen molar-refractivity contribution in [3.05, 3.63) is 41.9 Å². The predicted molar refractivity (Wildman–Crippen MR) is 98.1 cm³/mol.